The third-order valence-electron chi connectivity index (χ3n) is 4.53. The number of carbonyl (C=O) groups is 2. The normalized spacial score (nSPS) is 14.5. The zero-order valence-corrected chi connectivity index (χ0v) is 15.9. The molecule has 0 saturated heterocycles. The van der Waals surface area contributed by atoms with Gasteiger partial charge in [-0.3, -0.25) is 19.4 Å². The van der Waals surface area contributed by atoms with Crippen molar-refractivity contribution in [2.24, 2.45) is 0 Å². The lowest BCUT2D eigenvalue weighted by atomic mass is 10.1. The molecule has 0 N–H and O–H groups in total. The Kier molecular flexibility index (Phi) is 5.51. The molecule has 0 atom stereocenters. The number of methoxy groups -OCH3 is 2. The van der Waals surface area contributed by atoms with Gasteiger partial charge in [-0.25, -0.2) is 0 Å². The van der Waals surface area contributed by atoms with Crippen LogP contribution in [-0.2, 0) is 9.59 Å². The number of nitrogens with zero attached hydrogens (tertiary/aromatic N) is 2. The molecular formula is C19H14F6N2O4. The lowest BCUT2D eigenvalue weighted by Gasteiger charge is -2.32. The highest BCUT2D eigenvalue weighted by molar-refractivity contribution is 6.11. The van der Waals surface area contributed by atoms with E-state index in [0.717, 1.165) is 25.3 Å². The number of hydrogen-bond donors (Lipinski definition) is 0. The number of fused-ring (bicyclic) bond motifs is 1. The minimum absolute atomic E-state index is 0.100. The summed E-state index contributed by atoms with van der Waals surface area (Å²) in [6, 6.07) is 8.11. The number of halogens is 6. The van der Waals surface area contributed by atoms with Gasteiger partial charge in [0.15, 0.2) is 0 Å². The fourth-order valence-corrected chi connectivity index (χ4v) is 3.27. The number of benzene rings is 2. The van der Waals surface area contributed by atoms with E-state index in [0.29, 0.717) is 0 Å². The number of ether oxygens (including phenoxy) is 2. The van der Waals surface area contributed by atoms with E-state index in [-0.39, 0.29) is 26.9 Å². The highest BCUT2D eigenvalue weighted by Crippen LogP contribution is 2.51. The summed E-state index contributed by atoms with van der Waals surface area (Å²) in [6.45, 7) is 0. The second-order valence-corrected chi connectivity index (χ2v) is 6.32. The topological polar surface area (TPSA) is 59.1 Å². The maximum Gasteiger partial charge on any atom is 0.471 e. The van der Waals surface area contributed by atoms with Crippen LogP contribution in [0.2, 0.25) is 0 Å². The standard InChI is InChI=1S/C19H14F6N2O4/c1-30-10-7-8-11(14(9-10)31-2)15-26(16(28)18(20,21)22)12-5-3-4-6-13(12)27(15)17(29)19(23,24)25/h3-9,15H,1-2H3. The summed E-state index contributed by atoms with van der Waals surface area (Å²) < 4.78 is 90.4. The molecule has 0 saturated carbocycles. The quantitative estimate of drug-likeness (QED) is 0.661. The predicted molar refractivity (Wildman–Crippen MR) is 95.8 cm³/mol. The van der Waals surface area contributed by atoms with E-state index in [9.17, 15) is 35.9 Å². The van der Waals surface area contributed by atoms with E-state index in [1.54, 1.807) is 0 Å². The molecule has 0 bridgehead atoms. The second kappa shape index (κ2) is 7.67. The van der Waals surface area contributed by atoms with Crippen LogP contribution in [0.3, 0.4) is 0 Å². The van der Waals surface area contributed by atoms with Crippen LogP contribution in [0.5, 0.6) is 11.5 Å². The molecule has 0 fully saturated rings. The van der Waals surface area contributed by atoms with Crippen molar-refractivity contribution in [3.05, 3.63) is 48.0 Å². The van der Waals surface area contributed by atoms with Gasteiger partial charge in [0.2, 0.25) is 0 Å². The molecule has 1 heterocycles. The van der Waals surface area contributed by atoms with E-state index in [1.807, 2.05) is 0 Å². The van der Waals surface area contributed by atoms with Gasteiger partial charge in [-0.05, 0) is 24.3 Å². The average Bonchev–Trinajstić information content (AvgIpc) is 3.05. The highest BCUT2D eigenvalue weighted by atomic mass is 19.4. The van der Waals surface area contributed by atoms with Gasteiger partial charge >= 0.3 is 24.2 Å². The van der Waals surface area contributed by atoms with Crippen LogP contribution >= 0.6 is 0 Å². The molecule has 12 heteroatoms. The maximum atomic E-state index is 13.4. The first-order valence-corrected chi connectivity index (χ1v) is 8.53. The van der Waals surface area contributed by atoms with Gasteiger partial charge in [0.05, 0.1) is 25.6 Å². The molecule has 2 aromatic carbocycles. The maximum absolute atomic E-state index is 13.4. The number of para-hydroxylation sites is 2. The third kappa shape index (κ3) is 3.84. The Morgan fingerprint density at radius 2 is 1.29 bits per heavy atom. The molecule has 0 aliphatic carbocycles. The molecule has 1 aliphatic heterocycles. The predicted octanol–water partition coefficient (Wildman–Crippen LogP) is 4.21. The van der Waals surface area contributed by atoms with Crippen LogP contribution in [0.25, 0.3) is 0 Å². The number of amides is 2. The van der Waals surface area contributed by atoms with Crippen LogP contribution in [0.15, 0.2) is 42.5 Å². The minimum Gasteiger partial charge on any atom is -0.497 e. The van der Waals surface area contributed by atoms with Gasteiger partial charge in [-0.1, -0.05) is 12.1 Å². The Morgan fingerprint density at radius 1 is 0.806 bits per heavy atom. The summed E-state index contributed by atoms with van der Waals surface area (Å²) in [5.41, 5.74) is -1.30. The van der Waals surface area contributed by atoms with E-state index >= 15 is 0 Å². The largest absolute Gasteiger partial charge is 0.497 e. The Labute approximate surface area is 171 Å². The minimum atomic E-state index is -5.43. The van der Waals surface area contributed by atoms with Crippen molar-refractivity contribution in [3.8, 4) is 11.5 Å². The molecule has 3 rings (SSSR count). The summed E-state index contributed by atoms with van der Waals surface area (Å²) in [5.74, 6) is -4.88. The summed E-state index contributed by atoms with van der Waals surface area (Å²) in [6.07, 6.45) is -13.0. The highest BCUT2D eigenvalue weighted by Gasteiger charge is 2.56. The smallest absolute Gasteiger partial charge is 0.471 e. The zero-order valence-electron chi connectivity index (χ0n) is 15.9. The number of rotatable bonds is 3. The van der Waals surface area contributed by atoms with Crippen molar-refractivity contribution in [1.82, 2.24) is 0 Å². The molecule has 1 aliphatic rings. The molecule has 0 unspecified atom stereocenters. The first kappa shape index (κ1) is 22.2. The Morgan fingerprint density at radius 3 is 1.68 bits per heavy atom. The SMILES string of the molecule is COc1ccc(C2N(C(=O)C(F)(F)F)c3ccccc3N2C(=O)C(F)(F)F)c(OC)c1. The molecular weight excluding hydrogens is 434 g/mol. The lowest BCUT2D eigenvalue weighted by Crippen LogP contribution is -2.50. The van der Waals surface area contributed by atoms with E-state index < -0.39 is 41.7 Å². The van der Waals surface area contributed by atoms with Gasteiger partial charge < -0.3 is 9.47 Å². The van der Waals surface area contributed by atoms with Crippen LogP contribution in [-0.4, -0.2) is 38.4 Å². The molecule has 31 heavy (non-hydrogen) atoms. The van der Waals surface area contributed by atoms with Crippen LogP contribution in [0.1, 0.15) is 11.7 Å². The summed E-state index contributed by atoms with van der Waals surface area (Å²) >= 11 is 0. The zero-order chi connectivity index (χ0) is 23.1. The lowest BCUT2D eigenvalue weighted by molar-refractivity contribution is -0.173. The van der Waals surface area contributed by atoms with Crippen molar-refractivity contribution >= 4 is 23.2 Å². The van der Waals surface area contributed by atoms with Gasteiger partial charge in [0.1, 0.15) is 17.7 Å². The molecule has 2 amide bonds. The van der Waals surface area contributed by atoms with Gasteiger partial charge in [-0.15, -0.1) is 0 Å². The Hall–Kier alpha value is -3.44. The molecule has 0 aromatic heterocycles. The van der Waals surface area contributed by atoms with Crippen molar-refractivity contribution < 1.29 is 45.4 Å². The van der Waals surface area contributed by atoms with Crippen molar-refractivity contribution in [2.45, 2.75) is 18.5 Å². The summed E-state index contributed by atoms with van der Waals surface area (Å²) in [7, 11) is 2.42. The Bertz CT molecular complexity index is 968. The van der Waals surface area contributed by atoms with Crippen molar-refractivity contribution in [1.29, 1.82) is 0 Å². The fourth-order valence-electron chi connectivity index (χ4n) is 3.27. The first-order valence-electron chi connectivity index (χ1n) is 8.53. The molecule has 166 valence electrons. The van der Waals surface area contributed by atoms with Gasteiger partial charge in [0, 0.05) is 11.6 Å². The summed E-state index contributed by atoms with van der Waals surface area (Å²) in [4.78, 5) is 24.7. The van der Waals surface area contributed by atoms with Crippen LogP contribution < -0.4 is 19.3 Å². The molecule has 0 spiro atoms. The van der Waals surface area contributed by atoms with Gasteiger partial charge in [-0.2, -0.15) is 26.3 Å². The number of carbonyl (C=O) groups excluding carboxylic acids is 2. The van der Waals surface area contributed by atoms with Crippen molar-refractivity contribution in [2.75, 3.05) is 24.0 Å². The van der Waals surface area contributed by atoms with Gasteiger partial charge in [0.25, 0.3) is 0 Å². The monoisotopic (exact) mass is 448 g/mol. The van der Waals surface area contributed by atoms with Crippen LogP contribution in [0, 0.1) is 0 Å². The molecule has 2 aromatic rings. The van der Waals surface area contributed by atoms with Crippen LogP contribution in [0.4, 0.5) is 37.7 Å². The fraction of sp³-hybridized carbons (Fsp3) is 0.263. The van der Waals surface area contributed by atoms with E-state index in [1.165, 1.54) is 31.4 Å². The van der Waals surface area contributed by atoms with Crippen molar-refractivity contribution in [3.63, 3.8) is 0 Å². The third-order valence-corrected chi connectivity index (χ3v) is 4.53. The number of anilines is 2. The number of alkyl halides is 6. The molecule has 0 radical (unpaired) electrons. The second-order valence-electron chi connectivity index (χ2n) is 6.32. The Balaban J connectivity index is 2.32. The summed E-state index contributed by atoms with van der Waals surface area (Å²) in [5, 5.41) is 0. The van der Waals surface area contributed by atoms with E-state index in [4.69, 9.17) is 9.47 Å². The number of hydrogen-bond acceptors (Lipinski definition) is 4. The first-order chi connectivity index (χ1) is 14.4. The van der Waals surface area contributed by atoms with E-state index in [2.05, 4.69) is 0 Å². The molecule has 6 nitrogen and oxygen atoms in total. The average molecular weight is 448 g/mol.